The van der Waals surface area contributed by atoms with Gasteiger partial charge in [0.1, 0.15) is 0 Å². The van der Waals surface area contributed by atoms with Gasteiger partial charge < -0.3 is 16.0 Å². The molecule has 3 N–H and O–H groups in total. The van der Waals surface area contributed by atoms with E-state index in [1.54, 1.807) is 17.4 Å². The van der Waals surface area contributed by atoms with Gasteiger partial charge in [-0.05, 0) is 91.5 Å². The lowest BCUT2D eigenvalue weighted by molar-refractivity contribution is 0.213. The van der Waals surface area contributed by atoms with Gasteiger partial charge >= 0.3 is 6.03 Å². The lowest BCUT2D eigenvalue weighted by Gasteiger charge is -2.18. The van der Waals surface area contributed by atoms with Crippen molar-refractivity contribution in [1.82, 2.24) is 10.2 Å². The summed E-state index contributed by atoms with van der Waals surface area (Å²) in [4.78, 5) is 16.0. The maximum atomic E-state index is 13.0. The van der Waals surface area contributed by atoms with Crippen LogP contribution in [0.5, 0.6) is 0 Å². The Labute approximate surface area is 222 Å². The highest BCUT2D eigenvalue weighted by Crippen LogP contribution is 2.26. The molecule has 0 atom stereocenters. The van der Waals surface area contributed by atoms with Crippen molar-refractivity contribution in [2.45, 2.75) is 67.2 Å². The Bertz CT molecular complexity index is 1110. The van der Waals surface area contributed by atoms with Crippen molar-refractivity contribution in [3.8, 4) is 0 Å². The summed E-state index contributed by atoms with van der Waals surface area (Å²) in [5.41, 5.74) is 14.6. The molecule has 1 aliphatic heterocycles. The molecule has 1 aromatic heterocycles. The molecule has 0 saturated carbocycles. The number of thiophene rings is 1. The average Bonchev–Trinajstić information content (AvgIpc) is 3.52. The molecule has 0 fully saturated rings. The lowest BCUT2D eigenvalue weighted by Crippen LogP contribution is -2.39. The van der Waals surface area contributed by atoms with Gasteiger partial charge in [0.25, 0.3) is 0 Å². The van der Waals surface area contributed by atoms with Crippen molar-refractivity contribution in [2.75, 3.05) is 13.1 Å². The number of amides is 2. The van der Waals surface area contributed by atoms with Crippen LogP contribution in [-0.2, 0) is 0 Å². The Kier molecular flexibility index (Phi) is 11.7. The SMILES string of the molecule is C=C(NC(=O)N1CC(C)=C(/C=C(\C=C(\C)CC)C(=C/CC)/CCC)C1)/C(N)=C\C=C(/C)c1cccs1. The summed E-state index contributed by atoms with van der Waals surface area (Å²) in [6.07, 6.45) is 14.9. The van der Waals surface area contributed by atoms with E-state index in [1.807, 2.05) is 29.3 Å². The van der Waals surface area contributed by atoms with Crippen LogP contribution in [0.2, 0.25) is 0 Å². The van der Waals surface area contributed by atoms with Gasteiger partial charge in [0, 0.05) is 18.0 Å². The van der Waals surface area contributed by atoms with E-state index >= 15 is 0 Å². The summed E-state index contributed by atoms with van der Waals surface area (Å²) in [7, 11) is 0. The van der Waals surface area contributed by atoms with Crippen molar-refractivity contribution in [3.05, 3.63) is 98.6 Å². The van der Waals surface area contributed by atoms with Crippen molar-refractivity contribution in [3.63, 3.8) is 0 Å². The first kappa shape index (κ1) is 29.2. The largest absolute Gasteiger partial charge is 0.397 e. The van der Waals surface area contributed by atoms with Gasteiger partial charge in [0.05, 0.1) is 11.4 Å². The molecule has 5 heteroatoms. The maximum absolute atomic E-state index is 13.0. The summed E-state index contributed by atoms with van der Waals surface area (Å²) in [5, 5.41) is 4.93. The molecule has 0 aliphatic carbocycles. The second-order valence-corrected chi connectivity index (χ2v) is 10.3. The van der Waals surface area contributed by atoms with Crippen LogP contribution in [0, 0.1) is 0 Å². The van der Waals surface area contributed by atoms with Crippen LogP contribution >= 0.6 is 11.3 Å². The zero-order chi connectivity index (χ0) is 26.7. The molecule has 1 aliphatic rings. The lowest BCUT2D eigenvalue weighted by atomic mass is 9.95. The second-order valence-electron chi connectivity index (χ2n) is 9.35. The molecule has 4 nitrogen and oxygen atoms in total. The van der Waals surface area contributed by atoms with Crippen molar-refractivity contribution in [2.24, 2.45) is 5.73 Å². The molecule has 36 heavy (non-hydrogen) atoms. The fourth-order valence-electron chi connectivity index (χ4n) is 3.94. The number of nitrogens with zero attached hydrogens (tertiary/aromatic N) is 1. The number of allylic oxidation sites excluding steroid dienone is 8. The molecule has 0 aromatic carbocycles. The van der Waals surface area contributed by atoms with E-state index in [2.05, 4.69) is 70.8 Å². The minimum Gasteiger partial charge on any atom is -0.397 e. The highest BCUT2D eigenvalue weighted by Gasteiger charge is 2.23. The van der Waals surface area contributed by atoms with Crippen molar-refractivity contribution >= 4 is 22.9 Å². The molecule has 0 saturated heterocycles. The zero-order valence-corrected chi connectivity index (χ0v) is 23.7. The van der Waals surface area contributed by atoms with Crippen LogP contribution in [0.25, 0.3) is 5.57 Å². The van der Waals surface area contributed by atoms with Crippen LogP contribution in [0.3, 0.4) is 0 Å². The Morgan fingerprint density at radius 2 is 1.97 bits per heavy atom. The Hall–Kier alpha value is -3.05. The Morgan fingerprint density at radius 1 is 1.22 bits per heavy atom. The Morgan fingerprint density at radius 3 is 2.58 bits per heavy atom. The van der Waals surface area contributed by atoms with Crippen molar-refractivity contribution in [1.29, 1.82) is 0 Å². The average molecular weight is 506 g/mol. The van der Waals surface area contributed by atoms with Gasteiger partial charge in [-0.15, -0.1) is 11.3 Å². The number of rotatable bonds is 11. The normalized spacial score (nSPS) is 16.2. The molecule has 2 rings (SSSR count). The molecule has 0 radical (unpaired) electrons. The number of urea groups is 1. The van der Waals surface area contributed by atoms with E-state index in [0.717, 1.165) is 31.3 Å². The van der Waals surface area contributed by atoms with Crippen LogP contribution in [0.4, 0.5) is 4.79 Å². The number of carbonyl (C=O) groups excluding carboxylic acids is 1. The predicted molar refractivity (Wildman–Crippen MR) is 158 cm³/mol. The fourth-order valence-corrected chi connectivity index (χ4v) is 4.65. The van der Waals surface area contributed by atoms with Gasteiger partial charge in [-0.1, -0.05) is 63.6 Å². The highest BCUT2D eigenvalue weighted by molar-refractivity contribution is 7.11. The smallest absolute Gasteiger partial charge is 0.322 e. The maximum Gasteiger partial charge on any atom is 0.322 e. The van der Waals surface area contributed by atoms with Crippen LogP contribution in [-0.4, -0.2) is 24.0 Å². The number of hydrogen-bond donors (Lipinski definition) is 2. The van der Waals surface area contributed by atoms with Crippen LogP contribution < -0.4 is 11.1 Å². The third-order valence-corrected chi connectivity index (χ3v) is 7.29. The van der Waals surface area contributed by atoms with Crippen molar-refractivity contribution < 1.29 is 4.79 Å². The second kappa shape index (κ2) is 14.5. The number of nitrogens with two attached hydrogens (primary N) is 1. The summed E-state index contributed by atoms with van der Waals surface area (Å²) in [5.74, 6) is 0. The predicted octanol–water partition coefficient (Wildman–Crippen LogP) is 8.27. The molecular weight excluding hydrogens is 462 g/mol. The summed E-state index contributed by atoms with van der Waals surface area (Å²) in [6, 6.07) is 3.91. The van der Waals surface area contributed by atoms with E-state index in [-0.39, 0.29) is 6.03 Å². The van der Waals surface area contributed by atoms with Gasteiger partial charge in [-0.2, -0.15) is 0 Å². The van der Waals surface area contributed by atoms with E-state index in [9.17, 15) is 4.79 Å². The molecule has 1 aromatic rings. The van der Waals surface area contributed by atoms with Gasteiger partial charge in [0.2, 0.25) is 0 Å². The van der Waals surface area contributed by atoms with Crippen LogP contribution in [0.1, 0.15) is 72.1 Å². The first-order chi connectivity index (χ1) is 17.2. The van der Waals surface area contributed by atoms with E-state index < -0.39 is 0 Å². The number of nitrogens with one attached hydrogen (secondary N) is 1. The van der Waals surface area contributed by atoms with E-state index in [0.29, 0.717) is 24.5 Å². The third kappa shape index (κ3) is 8.56. The summed E-state index contributed by atoms with van der Waals surface area (Å²) >= 11 is 1.68. The molecule has 0 bridgehead atoms. The molecule has 0 spiro atoms. The standard InChI is InChI=1S/C31H43N3OS/c1-8-12-26(13-9-2)27(18-22(4)10-3)19-28-21-34(20-24(28)6)31(35)33-25(7)29(32)16-15-23(5)30-14-11-17-36-30/h11-12,14-19H,7-10,13,20-21,32H2,1-6H3,(H,33,35)/b22-18-,23-15+,26-12+,27-19+,29-16+. The van der Waals surface area contributed by atoms with E-state index in [1.165, 1.54) is 32.7 Å². The van der Waals surface area contributed by atoms with Gasteiger partial charge in [0.15, 0.2) is 0 Å². The topological polar surface area (TPSA) is 58.4 Å². The number of carbonyl (C=O) groups is 1. The molecular formula is C31H43N3OS. The first-order valence-electron chi connectivity index (χ1n) is 12.9. The van der Waals surface area contributed by atoms with Gasteiger partial charge in [-0.25, -0.2) is 4.79 Å². The number of hydrogen-bond acceptors (Lipinski definition) is 3. The van der Waals surface area contributed by atoms with Gasteiger partial charge in [-0.3, -0.25) is 0 Å². The Balaban J connectivity index is 2.13. The fraction of sp³-hybridized carbons (Fsp3) is 0.387. The third-order valence-electron chi connectivity index (χ3n) is 6.28. The monoisotopic (exact) mass is 505 g/mol. The zero-order valence-electron chi connectivity index (χ0n) is 22.9. The highest BCUT2D eigenvalue weighted by atomic mass is 32.1. The minimum atomic E-state index is -0.183. The molecule has 0 unspecified atom stereocenters. The molecule has 2 heterocycles. The summed E-state index contributed by atoms with van der Waals surface area (Å²) in [6.45, 7) is 18.1. The minimum absolute atomic E-state index is 0.183. The molecule has 2 amide bonds. The first-order valence-corrected chi connectivity index (χ1v) is 13.8. The van der Waals surface area contributed by atoms with Crippen LogP contribution in [0.15, 0.2) is 93.7 Å². The quantitative estimate of drug-likeness (QED) is 0.297. The molecule has 194 valence electrons. The summed E-state index contributed by atoms with van der Waals surface area (Å²) < 4.78 is 0. The van der Waals surface area contributed by atoms with E-state index in [4.69, 9.17) is 5.73 Å².